The second-order valence-electron chi connectivity index (χ2n) is 4.14. The van der Waals surface area contributed by atoms with Crippen LogP contribution in [-0.2, 0) is 4.79 Å². The molecule has 0 aromatic heterocycles. The van der Waals surface area contributed by atoms with Gasteiger partial charge in [0, 0.05) is 12.3 Å². The van der Waals surface area contributed by atoms with Gasteiger partial charge in [0.05, 0.1) is 6.10 Å². The number of hydrogen-bond donors (Lipinski definition) is 1. The van der Waals surface area contributed by atoms with Crippen molar-refractivity contribution in [2.24, 2.45) is 11.8 Å². The van der Waals surface area contributed by atoms with Crippen LogP contribution >= 0.6 is 0 Å². The molecular formula is C10H16O2. The van der Waals surface area contributed by atoms with E-state index in [1.807, 2.05) is 0 Å². The lowest BCUT2D eigenvalue weighted by atomic mass is 9.89. The Hall–Kier alpha value is -0.370. The number of aliphatic hydroxyl groups is 1. The predicted octanol–water partition coefficient (Wildman–Crippen LogP) is 1.52. The first-order valence-corrected chi connectivity index (χ1v) is 5.00. The van der Waals surface area contributed by atoms with Crippen LogP contribution in [0.4, 0.5) is 0 Å². The van der Waals surface area contributed by atoms with Crippen molar-refractivity contribution in [2.75, 3.05) is 0 Å². The zero-order chi connectivity index (χ0) is 8.55. The molecule has 3 atom stereocenters. The van der Waals surface area contributed by atoms with Crippen molar-refractivity contribution in [1.82, 2.24) is 0 Å². The SMILES string of the molecule is O=C1CCCC[C@H]2CC[C@@H](O)[C@H]12. The second-order valence-corrected chi connectivity index (χ2v) is 4.14. The van der Waals surface area contributed by atoms with Crippen LogP contribution in [0.5, 0.6) is 0 Å². The van der Waals surface area contributed by atoms with Crippen molar-refractivity contribution in [2.45, 2.75) is 44.6 Å². The van der Waals surface area contributed by atoms with Crippen molar-refractivity contribution in [3.63, 3.8) is 0 Å². The summed E-state index contributed by atoms with van der Waals surface area (Å²) in [6, 6.07) is 0. The van der Waals surface area contributed by atoms with E-state index in [9.17, 15) is 9.90 Å². The van der Waals surface area contributed by atoms with E-state index >= 15 is 0 Å². The Labute approximate surface area is 73.0 Å². The van der Waals surface area contributed by atoms with Gasteiger partial charge in [0.1, 0.15) is 5.78 Å². The average Bonchev–Trinajstić information content (AvgIpc) is 2.29. The van der Waals surface area contributed by atoms with E-state index in [1.165, 1.54) is 6.42 Å². The van der Waals surface area contributed by atoms with E-state index in [-0.39, 0.29) is 12.0 Å². The molecule has 68 valence electrons. The number of rotatable bonds is 0. The van der Waals surface area contributed by atoms with Gasteiger partial charge >= 0.3 is 0 Å². The van der Waals surface area contributed by atoms with Gasteiger partial charge in [-0.3, -0.25) is 4.79 Å². The smallest absolute Gasteiger partial charge is 0.138 e. The van der Waals surface area contributed by atoms with E-state index in [2.05, 4.69) is 0 Å². The Morgan fingerprint density at radius 2 is 2.00 bits per heavy atom. The summed E-state index contributed by atoms with van der Waals surface area (Å²) < 4.78 is 0. The van der Waals surface area contributed by atoms with Gasteiger partial charge in [-0.25, -0.2) is 0 Å². The molecule has 2 saturated carbocycles. The lowest BCUT2D eigenvalue weighted by Gasteiger charge is -2.16. The predicted molar refractivity (Wildman–Crippen MR) is 45.7 cm³/mol. The van der Waals surface area contributed by atoms with Crippen molar-refractivity contribution >= 4 is 5.78 Å². The minimum Gasteiger partial charge on any atom is -0.392 e. The summed E-state index contributed by atoms with van der Waals surface area (Å²) in [5.41, 5.74) is 0. The molecule has 2 heteroatoms. The fraction of sp³-hybridized carbons (Fsp3) is 0.900. The van der Waals surface area contributed by atoms with E-state index in [1.54, 1.807) is 0 Å². The molecule has 0 spiro atoms. The molecule has 12 heavy (non-hydrogen) atoms. The van der Waals surface area contributed by atoms with Gasteiger partial charge in [-0.2, -0.15) is 0 Å². The van der Waals surface area contributed by atoms with Gasteiger partial charge in [-0.15, -0.1) is 0 Å². The minimum absolute atomic E-state index is 0.00694. The second kappa shape index (κ2) is 3.17. The molecule has 0 heterocycles. The Morgan fingerprint density at radius 1 is 1.17 bits per heavy atom. The first-order valence-electron chi connectivity index (χ1n) is 5.00. The van der Waals surface area contributed by atoms with Crippen molar-refractivity contribution < 1.29 is 9.90 Å². The maximum absolute atomic E-state index is 11.5. The molecule has 2 aliphatic rings. The normalized spacial score (nSPS) is 42.4. The quantitative estimate of drug-likeness (QED) is 0.595. The number of Topliss-reactive ketones (excluding diaryl/α,β-unsaturated/α-hetero) is 1. The highest BCUT2D eigenvalue weighted by molar-refractivity contribution is 5.82. The number of ketones is 1. The number of hydrogen-bond acceptors (Lipinski definition) is 2. The molecule has 2 nitrogen and oxygen atoms in total. The molecule has 2 fully saturated rings. The number of carbonyl (C=O) groups excluding carboxylic acids is 1. The molecular weight excluding hydrogens is 152 g/mol. The van der Waals surface area contributed by atoms with Gasteiger partial charge in [0.25, 0.3) is 0 Å². The summed E-state index contributed by atoms with van der Waals surface area (Å²) in [6.07, 6.45) is 5.68. The third-order valence-corrected chi connectivity index (χ3v) is 3.38. The van der Waals surface area contributed by atoms with Gasteiger partial charge in [0.2, 0.25) is 0 Å². The van der Waals surface area contributed by atoms with Crippen LogP contribution in [0.1, 0.15) is 38.5 Å². The molecule has 1 N–H and O–H groups in total. The average molecular weight is 168 g/mol. The molecule has 0 amide bonds. The van der Waals surface area contributed by atoms with E-state index in [4.69, 9.17) is 0 Å². The summed E-state index contributed by atoms with van der Waals surface area (Å²) in [5, 5.41) is 9.60. The van der Waals surface area contributed by atoms with Crippen LogP contribution < -0.4 is 0 Å². The Balaban J connectivity index is 2.14. The maximum atomic E-state index is 11.5. The zero-order valence-corrected chi connectivity index (χ0v) is 7.33. The monoisotopic (exact) mass is 168 g/mol. The summed E-state index contributed by atoms with van der Waals surface area (Å²) >= 11 is 0. The van der Waals surface area contributed by atoms with Gasteiger partial charge in [-0.1, -0.05) is 6.42 Å². The third-order valence-electron chi connectivity index (χ3n) is 3.38. The molecule has 0 unspecified atom stereocenters. The van der Waals surface area contributed by atoms with Gasteiger partial charge in [0.15, 0.2) is 0 Å². The summed E-state index contributed by atoms with van der Waals surface area (Å²) in [6.45, 7) is 0. The maximum Gasteiger partial charge on any atom is 0.138 e. The molecule has 0 aliphatic heterocycles. The lowest BCUT2D eigenvalue weighted by molar-refractivity contribution is -0.126. The van der Waals surface area contributed by atoms with Crippen LogP contribution in [0.15, 0.2) is 0 Å². The van der Waals surface area contributed by atoms with Crippen molar-refractivity contribution in [1.29, 1.82) is 0 Å². The van der Waals surface area contributed by atoms with Crippen molar-refractivity contribution in [3.8, 4) is 0 Å². The third kappa shape index (κ3) is 1.28. The van der Waals surface area contributed by atoms with E-state index in [0.29, 0.717) is 18.1 Å². The highest BCUT2D eigenvalue weighted by atomic mass is 16.3. The summed E-state index contributed by atoms with van der Waals surface area (Å²) in [7, 11) is 0. The van der Waals surface area contributed by atoms with Crippen LogP contribution in [0.3, 0.4) is 0 Å². The Morgan fingerprint density at radius 3 is 2.83 bits per heavy atom. The van der Waals surface area contributed by atoms with Crippen LogP contribution in [0.25, 0.3) is 0 Å². The number of fused-ring (bicyclic) bond motifs is 1. The van der Waals surface area contributed by atoms with Crippen LogP contribution in [0.2, 0.25) is 0 Å². The molecule has 0 radical (unpaired) electrons. The minimum atomic E-state index is -0.319. The zero-order valence-electron chi connectivity index (χ0n) is 7.33. The summed E-state index contributed by atoms with van der Waals surface area (Å²) in [4.78, 5) is 11.5. The van der Waals surface area contributed by atoms with Crippen LogP contribution in [0, 0.1) is 11.8 Å². The number of carbonyl (C=O) groups is 1. The molecule has 2 rings (SSSR count). The van der Waals surface area contributed by atoms with E-state index in [0.717, 1.165) is 25.7 Å². The Bertz CT molecular complexity index is 188. The molecule has 0 aromatic rings. The molecule has 0 saturated heterocycles. The van der Waals surface area contributed by atoms with Gasteiger partial charge in [-0.05, 0) is 31.6 Å². The number of aliphatic hydroxyl groups excluding tert-OH is 1. The van der Waals surface area contributed by atoms with Gasteiger partial charge < -0.3 is 5.11 Å². The fourth-order valence-electron chi connectivity index (χ4n) is 2.73. The first kappa shape index (κ1) is 8.24. The highest BCUT2D eigenvalue weighted by Crippen LogP contribution is 2.39. The fourth-order valence-corrected chi connectivity index (χ4v) is 2.73. The van der Waals surface area contributed by atoms with Crippen LogP contribution in [-0.4, -0.2) is 17.0 Å². The molecule has 2 aliphatic carbocycles. The molecule has 0 bridgehead atoms. The first-order chi connectivity index (χ1) is 5.79. The largest absolute Gasteiger partial charge is 0.392 e. The van der Waals surface area contributed by atoms with Crippen molar-refractivity contribution in [3.05, 3.63) is 0 Å². The highest BCUT2D eigenvalue weighted by Gasteiger charge is 2.40. The summed E-state index contributed by atoms with van der Waals surface area (Å²) in [5.74, 6) is 0.838. The standard InChI is InChI=1S/C10H16O2/c11-8-4-2-1-3-7-5-6-9(12)10(7)8/h7,9-10,12H,1-6H2/t7-,9+,10-/m0/s1. The van der Waals surface area contributed by atoms with E-state index < -0.39 is 0 Å². The Kier molecular flexibility index (Phi) is 2.18. The topological polar surface area (TPSA) is 37.3 Å². The lowest BCUT2D eigenvalue weighted by Crippen LogP contribution is -2.26. The molecule has 0 aromatic carbocycles.